The summed E-state index contributed by atoms with van der Waals surface area (Å²) in [6.07, 6.45) is 10.3. The van der Waals surface area contributed by atoms with Crippen molar-refractivity contribution in [2.75, 3.05) is 20.7 Å². The Balaban J connectivity index is 4.44. The van der Waals surface area contributed by atoms with E-state index < -0.39 is 0 Å². The second-order valence-electron chi connectivity index (χ2n) is 4.75. The van der Waals surface area contributed by atoms with Gasteiger partial charge in [0.15, 0.2) is 0 Å². The van der Waals surface area contributed by atoms with E-state index in [-0.39, 0.29) is 12.6 Å². The van der Waals surface area contributed by atoms with Crippen molar-refractivity contribution in [3.8, 4) is 0 Å². The van der Waals surface area contributed by atoms with Crippen LogP contribution >= 0.6 is 0 Å². The smallest absolute Gasteiger partial charge is 0.0586 e. The second-order valence-corrected chi connectivity index (χ2v) is 4.75. The fourth-order valence-electron chi connectivity index (χ4n) is 1.62. The summed E-state index contributed by atoms with van der Waals surface area (Å²) in [6, 6.07) is 0.250. The van der Waals surface area contributed by atoms with Gasteiger partial charge in [-0.25, -0.2) is 0 Å². The zero-order valence-corrected chi connectivity index (χ0v) is 11.9. The molecule has 2 nitrogen and oxygen atoms in total. The van der Waals surface area contributed by atoms with Gasteiger partial charge in [0.25, 0.3) is 0 Å². The maximum atomic E-state index is 9.28. The number of aliphatic hydroxyl groups excluding tert-OH is 1. The first kappa shape index (κ1) is 16.1. The number of allylic oxidation sites excluding steroid dienone is 6. The van der Waals surface area contributed by atoms with Crippen molar-refractivity contribution < 1.29 is 5.11 Å². The van der Waals surface area contributed by atoms with Crippen LogP contribution in [-0.4, -0.2) is 36.8 Å². The standard InChI is InChI=1S/C15H27NO/c1-6-7-8-9-14(13(2)3)10-11-15(12-17)16(4)5/h6-9,15,17H,10-12H2,1-5H3/b7-6-,9-8-/t15-/m0/s1. The molecule has 0 saturated carbocycles. The quantitative estimate of drug-likeness (QED) is 0.688. The Labute approximate surface area is 106 Å². The lowest BCUT2D eigenvalue weighted by Gasteiger charge is -2.22. The lowest BCUT2D eigenvalue weighted by Crippen LogP contribution is -2.31. The van der Waals surface area contributed by atoms with Crippen LogP contribution in [0.2, 0.25) is 0 Å². The predicted octanol–water partition coefficient (Wildman–Crippen LogP) is 3.16. The van der Waals surface area contributed by atoms with E-state index in [2.05, 4.69) is 30.9 Å². The fraction of sp³-hybridized carbons (Fsp3) is 0.600. The van der Waals surface area contributed by atoms with E-state index in [9.17, 15) is 5.11 Å². The van der Waals surface area contributed by atoms with Crippen molar-refractivity contribution in [2.45, 2.75) is 39.7 Å². The average Bonchev–Trinajstić information content (AvgIpc) is 2.26. The first-order valence-electron chi connectivity index (χ1n) is 6.25. The first-order chi connectivity index (χ1) is 8.02. The van der Waals surface area contributed by atoms with Gasteiger partial charge < -0.3 is 10.0 Å². The van der Waals surface area contributed by atoms with Crippen LogP contribution < -0.4 is 0 Å². The van der Waals surface area contributed by atoms with E-state index in [0.717, 1.165) is 12.8 Å². The molecule has 0 aliphatic heterocycles. The highest BCUT2D eigenvalue weighted by Crippen LogP contribution is 2.15. The molecule has 0 unspecified atom stereocenters. The van der Waals surface area contributed by atoms with Crippen LogP contribution in [0.1, 0.15) is 33.6 Å². The molecule has 17 heavy (non-hydrogen) atoms. The number of aliphatic hydroxyl groups is 1. The summed E-state index contributed by atoms with van der Waals surface area (Å²) < 4.78 is 0. The fourth-order valence-corrected chi connectivity index (χ4v) is 1.62. The van der Waals surface area contributed by atoms with Crippen LogP contribution in [0.15, 0.2) is 35.5 Å². The highest BCUT2D eigenvalue weighted by molar-refractivity contribution is 5.26. The van der Waals surface area contributed by atoms with Gasteiger partial charge in [0.2, 0.25) is 0 Å². The first-order valence-corrected chi connectivity index (χ1v) is 6.25. The summed E-state index contributed by atoms with van der Waals surface area (Å²) in [7, 11) is 4.03. The third-order valence-electron chi connectivity index (χ3n) is 2.93. The molecule has 0 aliphatic carbocycles. The molecule has 0 amide bonds. The van der Waals surface area contributed by atoms with E-state index in [1.54, 1.807) is 0 Å². The number of hydrogen-bond acceptors (Lipinski definition) is 2. The Bertz CT molecular complexity index is 283. The Morgan fingerprint density at radius 3 is 2.29 bits per heavy atom. The van der Waals surface area contributed by atoms with Gasteiger partial charge in [0.1, 0.15) is 0 Å². The number of likely N-dealkylation sites (N-methyl/N-ethyl adjacent to an activating group) is 1. The molecule has 0 aliphatic rings. The van der Waals surface area contributed by atoms with Gasteiger partial charge >= 0.3 is 0 Å². The van der Waals surface area contributed by atoms with Crippen LogP contribution in [0.3, 0.4) is 0 Å². The lowest BCUT2D eigenvalue weighted by molar-refractivity contribution is 0.162. The minimum Gasteiger partial charge on any atom is -0.395 e. The van der Waals surface area contributed by atoms with Crippen LogP contribution in [0.25, 0.3) is 0 Å². The number of rotatable bonds is 7. The van der Waals surface area contributed by atoms with Crippen LogP contribution in [0, 0.1) is 0 Å². The molecule has 0 rings (SSSR count). The van der Waals surface area contributed by atoms with Crippen LogP contribution in [0.4, 0.5) is 0 Å². The summed E-state index contributed by atoms with van der Waals surface area (Å²) in [5.41, 5.74) is 2.71. The molecule has 0 saturated heterocycles. The summed E-state index contributed by atoms with van der Waals surface area (Å²) >= 11 is 0. The number of nitrogens with zero attached hydrogens (tertiary/aromatic N) is 1. The molecule has 0 aromatic rings. The molecule has 98 valence electrons. The monoisotopic (exact) mass is 237 g/mol. The molecular weight excluding hydrogens is 210 g/mol. The van der Waals surface area contributed by atoms with Gasteiger partial charge in [0, 0.05) is 6.04 Å². The largest absolute Gasteiger partial charge is 0.395 e. The minimum atomic E-state index is 0.224. The normalized spacial score (nSPS) is 13.8. The van der Waals surface area contributed by atoms with E-state index in [0.29, 0.717) is 0 Å². The molecule has 0 bridgehead atoms. The summed E-state index contributed by atoms with van der Waals surface area (Å²) in [4.78, 5) is 2.08. The Kier molecular flexibility index (Phi) is 8.73. The van der Waals surface area contributed by atoms with Crippen LogP contribution in [0.5, 0.6) is 0 Å². The SMILES string of the molecule is C/C=C\C=C/C(CC[C@@H](CO)N(C)C)=C(C)C. The zero-order valence-electron chi connectivity index (χ0n) is 11.9. The molecule has 0 fully saturated rings. The van der Waals surface area contributed by atoms with Gasteiger partial charge in [-0.05, 0) is 53.3 Å². The molecule has 0 heterocycles. The van der Waals surface area contributed by atoms with Crippen molar-refractivity contribution in [3.05, 3.63) is 35.5 Å². The summed E-state index contributed by atoms with van der Waals surface area (Å²) in [5.74, 6) is 0. The summed E-state index contributed by atoms with van der Waals surface area (Å²) in [6.45, 7) is 6.51. The highest BCUT2D eigenvalue weighted by atomic mass is 16.3. The lowest BCUT2D eigenvalue weighted by atomic mass is 10.0. The average molecular weight is 237 g/mol. The van der Waals surface area contributed by atoms with Crippen molar-refractivity contribution in [3.63, 3.8) is 0 Å². The van der Waals surface area contributed by atoms with E-state index in [1.165, 1.54) is 11.1 Å². The molecule has 0 spiro atoms. The topological polar surface area (TPSA) is 23.5 Å². The van der Waals surface area contributed by atoms with E-state index in [4.69, 9.17) is 0 Å². The molecule has 1 atom stereocenters. The molecule has 0 aromatic heterocycles. The van der Waals surface area contributed by atoms with Gasteiger partial charge in [0.05, 0.1) is 6.61 Å². The predicted molar refractivity (Wildman–Crippen MR) is 76.1 cm³/mol. The van der Waals surface area contributed by atoms with E-state index in [1.807, 2.05) is 33.2 Å². The van der Waals surface area contributed by atoms with Crippen molar-refractivity contribution in [1.29, 1.82) is 0 Å². The van der Waals surface area contributed by atoms with Gasteiger partial charge in [-0.15, -0.1) is 0 Å². The summed E-state index contributed by atoms with van der Waals surface area (Å²) in [5, 5.41) is 9.28. The van der Waals surface area contributed by atoms with Gasteiger partial charge in [-0.1, -0.05) is 29.9 Å². The number of hydrogen-bond donors (Lipinski definition) is 1. The van der Waals surface area contributed by atoms with Crippen molar-refractivity contribution in [1.82, 2.24) is 4.90 Å². The minimum absolute atomic E-state index is 0.224. The molecule has 1 N–H and O–H groups in total. The van der Waals surface area contributed by atoms with Gasteiger partial charge in [-0.2, -0.15) is 0 Å². The van der Waals surface area contributed by atoms with Crippen molar-refractivity contribution >= 4 is 0 Å². The Morgan fingerprint density at radius 1 is 1.24 bits per heavy atom. The maximum absolute atomic E-state index is 9.28. The van der Waals surface area contributed by atoms with E-state index >= 15 is 0 Å². The van der Waals surface area contributed by atoms with Crippen molar-refractivity contribution in [2.24, 2.45) is 0 Å². The molecular formula is C15H27NO. The molecule has 0 radical (unpaired) electrons. The van der Waals surface area contributed by atoms with Crippen LogP contribution in [-0.2, 0) is 0 Å². The highest BCUT2D eigenvalue weighted by Gasteiger charge is 2.10. The third kappa shape index (κ3) is 7.14. The Morgan fingerprint density at radius 2 is 1.88 bits per heavy atom. The third-order valence-corrected chi connectivity index (χ3v) is 2.93. The second kappa shape index (κ2) is 9.20. The zero-order chi connectivity index (χ0) is 13.3. The molecule has 2 heteroatoms. The Hall–Kier alpha value is -0.860. The van der Waals surface area contributed by atoms with Gasteiger partial charge in [-0.3, -0.25) is 0 Å². The maximum Gasteiger partial charge on any atom is 0.0586 e. The molecule has 0 aromatic carbocycles.